The third kappa shape index (κ3) is 3.37. The first-order valence-corrected chi connectivity index (χ1v) is 7.18. The first kappa shape index (κ1) is 13.6. The van der Waals surface area contributed by atoms with Crippen LogP contribution in [0.15, 0.2) is 48.7 Å². The van der Waals surface area contributed by atoms with Crippen LogP contribution in [0.4, 0.5) is 0 Å². The minimum atomic E-state index is 0.158. The molecule has 20 heavy (non-hydrogen) atoms. The predicted molar refractivity (Wildman–Crippen MR) is 79.7 cm³/mol. The molecule has 0 aliphatic carbocycles. The van der Waals surface area contributed by atoms with Crippen LogP contribution < -0.4 is 0 Å². The molecule has 0 radical (unpaired) electrons. The van der Waals surface area contributed by atoms with Crippen LogP contribution in [-0.4, -0.2) is 29.6 Å². The topological polar surface area (TPSA) is 25.4 Å². The van der Waals surface area contributed by atoms with Gasteiger partial charge in [0.2, 0.25) is 0 Å². The number of morpholine rings is 1. The Hall–Kier alpha value is -1.42. The molecule has 0 unspecified atom stereocenters. The number of nitrogens with zero attached hydrogens (tertiary/aromatic N) is 2. The molecule has 1 saturated heterocycles. The highest BCUT2D eigenvalue weighted by Gasteiger charge is 2.21. The van der Waals surface area contributed by atoms with Gasteiger partial charge < -0.3 is 4.74 Å². The molecule has 0 amide bonds. The predicted octanol–water partition coefficient (Wildman–Crippen LogP) is 3.31. The van der Waals surface area contributed by atoms with Gasteiger partial charge in [-0.25, -0.2) is 4.98 Å². The molecule has 1 aliphatic rings. The van der Waals surface area contributed by atoms with Crippen LogP contribution in [-0.2, 0) is 11.3 Å². The zero-order valence-corrected chi connectivity index (χ0v) is 12.0. The fourth-order valence-corrected chi connectivity index (χ4v) is 2.59. The van der Waals surface area contributed by atoms with Crippen molar-refractivity contribution in [3.8, 4) is 0 Å². The Bertz CT molecular complexity index is 544. The highest BCUT2D eigenvalue weighted by Crippen LogP contribution is 2.23. The van der Waals surface area contributed by atoms with Gasteiger partial charge in [0.1, 0.15) is 5.15 Å². The fourth-order valence-electron chi connectivity index (χ4n) is 2.47. The number of rotatable bonds is 3. The van der Waals surface area contributed by atoms with Gasteiger partial charge in [-0.1, -0.05) is 48.0 Å². The van der Waals surface area contributed by atoms with Crippen molar-refractivity contribution in [1.29, 1.82) is 0 Å². The Morgan fingerprint density at radius 2 is 2.05 bits per heavy atom. The van der Waals surface area contributed by atoms with E-state index in [1.165, 1.54) is 11.1 Å². The summed E-state index contributed by atoms with van der Waals surface area (Å²) < 4.78 is 5.87. The van der Waals surface area contributed by atoms with Crippen LogP contribution in [0.2, 0.25) is 5.15 Å². The first-order valence-electron chi connectivity index (χ1n) is 6.80. The van der Waals surface area contributed by atoms with E-state index in [2.05, 4.69) is 34.1 Å². The lowest BCUT2D eigenvalue weighted by molar-refractivity contribution is -0.0329. The minimum absolute atomic E-state index is 0.158. The molecule has 1 aromatic carbocycles. The molecule has 1 aliphatic heterocycles. The van der Waals surface area contributed by atoms with Crippen LogP contribution in [0.1, 0.15) is 17.2 Å². The van der Waals surface area contributed by atoms with E-state index in [1.807, 2.05) is 24.4 Å². The zero-order chi connectivity index (χ0) is 13.8. The maximum atomic E-state index is 5.87. The third-order valence-corrected chi connectivity index (χ3v) is 3.74. The summed E-state index contributed by atoms with van der Waals surface area (Å²) in [6.07, 6.45) is 2.00. The van der Waals surface area contributed by atoms with E-state index in [4.69, 9.17) is 16.3 Å². The Kier molecular flexibility index (Phi) is 4.31. The van der Waals surface area contributed by atoms with Gasteiger partial charge in [-0.05, 0) is 17.2 Å². The van der Waals surface area contributed by atoms with Crippen molar-refractivity contribution in [2.75, 3.05) is 19.7 Å². The largest absolute Gasteiger partial charge is 0.371 e. The zero-order valence-electron chi connectivity index (χ0n) is 11.2. The van der Waals surface area contributed by atoms with Gasteiger partial charge in [0, 0.05) is 25.8 Å². The summed E-state index contributed by atoms with van der Waals surface area (Å²) in [5, 5.41) is 0.540. The summed E-state index contributed by atoms with van der Waals surface area (Å²) in [7, 11) is 0. The van der Waals surface area contributed by atoms with Crippen LogP contribution in [0.5, 0.6) is 0 Å². The monoisotopic (exact) mass is 288 g/mol. The summed E-state index contributed by atoms with van der Waals surface area (Å²) in [5.41, 5.74) is 2.43. The Balaban J connectivity index is 1.65. The average Bonchev–Trinajstić information content (AvgIpc) is 2.51. The highest BCUT2D eigenvalue weighted by molar-refractivity contribution is 6.29. The van der Waals surface area contributed by atoms with E-state index in [9.17, 15) is 0 Å². The number of hydrogen-bond acceptors (Lipinski definition) is 3. The second kappa shape index (κ2) is 6.35. The van der Waals surface area contributed by atoms with Crippen molar-refractivity contribution >= 4 is 11.6 Å². The van der Waals surface area contributed by atoms with Gasteiger partial charge in [0.15, 0.2) is 0 Å². The summed E-state index contributed by atoms with van der Waals surface area (Å²) in [4.78, 5) is 6.52. The van der Waals surface area contributed by atoms with E-state index < -0.39 is 0 Å². The normalized spacial score (nSPS) is 19.9. The Labute approximate surface area is 124 Å². The van der Waals surface area contributed by atoms with Gasteiger partial charge in [-0.15, -0.1) is 0 Å². The van der Waals surface area contributed by atoms with Gasteiger partial charge in [0.25, 0.3) is 0 Å². The molecule has 0 N–H and O–H groups in total. The van der Waals surface area contributed by atoms with Gasteiger partial charge in [-0.3, -0.25) is 4.90 Å². The lowest BCUT2D eigenvalue weighted by Crippen LogP contribution is -2.37. The van der Waals surface area contributed by atoms with Crippen LogP contribution in [0.3, 0.4) is 0 Å². The summed E-state index contributed by atoms with van der Waals surface area (Å²) in [5.74, 6) is 0. The molecule has 1 atom stereocenters. The van der Waals surface area contributed by atoms with E-state index in [0.717, 1.165) is 26.2 Å². The molecule has 3 nitrogen and oxygen atoms in total. The van der Waals surface area contributed by atoms with Crippen LogP contribution >= 0.6 is 11.6 Å². The SMILES string of the molecule is Clc1ccc(CN2CCO[C@@H](c3ccccc3)C2)cn1. The van der Waals surface area contributed by atoms with Gasteiger partial charge >= 0.3 is 0 Å². The lowest BCUT2D eigenvalue weighted by Gasteiger charge is -2.33. The van der Waals surface area contributed by atoms with Crippen molar-refractivity contribution in [2.24, 2.45) is 0 Å². The number of benzene rings is 1. The van der Waals surface area contributed by atoms with Crippen molar-refractivity contribution < 1.29 is 4.74 Å². The highest BCUT2D eigenvalue weighted by atomic mass is 35.5. The Morgan fingerprint density at radius 3 is 2.80 bits per heavy atom. The molecule has 0 bridgehead atoms. The molecule has 0 saturated carbocycles. The molecule has 0 spiro atoms. The number of ether oxygens (including phenoxy) is 1. The van der Waals surface area contributed by atoms with Crippen molar-refractivity contribution in [1.82, 2.24) is 9.88 Å². The Morgan fingerprint density at radius 1 is 1.20 bits per heavy atom. The van der Waals surface area contributed by atoms with E-state index >= 15 is 0 Å². The minimum Gasteiger partial charge on any atom is -0.371 e. The molecule has 4 heteroatoms. The molecule has 1 fully saturated rings. The lowest BCUT2D eigenvalue weighted by atomic mass is 10.1. The molecular formula is C16H17ClN2O. The summed E-state index contributed by atoms with van der Waals surface area (Å²) >= 11 is 5.81. The van der Waals surface area contributed by atoms with Crippen molar-refractivity contribution in [3.05, 3.63) is 64.9 Å². The number of halogens is 1. The van der Waals surface area contributed by atoms with Crippen LogP contribution in [0, 0.1) is 0 Å². The fraction of sp³-hybridized carbons (Fsp3) is 0.312. The second-order valence-electron chi connectivity index (χ2n) is 4.99. The quantitative estimate of drug-likeness (QED) is 0.810. The number of pyridine rings is 1. The smallest absolute Gasteiger partial charge is 0.129 e. The molecule has 2 aromatic rings. The molecule has 1 aromatic heterocycles. The average molecular weight is 289 g/mol. The summed E-state index contributed by atoms with van der Waals surface area (Å²) in [6, 6.07) is 14.3. The molecule has 2 heterocycles. The maximum Gasteiger partial charge on any atom is 0.129 e. The van der Waals surface area contributed by atoms with Gasteiger partial charge in [-0.2, -0.15) is 0 Å². The number of hydrogen-bond donors (Lipinski definition) is 0. The van der Waals surface area contributed by atoms with Crippen molar-refractivity contribution in [3.63, 3.8) is 0 Å². The molecule has 3 rings (SSSR count). The number of aromatic nitrogens is 1. The third-order valence-electron chi connectivity index (χ3n) is 3.52. The summed E-state index contributed by atoms with van der Waals surface area (Å²) in [6.45, 7) is 3.51. The van der Waals surface area contributed by atoms with Gasteiger partial charge in [0.05, 0.1) is 12.7 Å². The molecular weight excluding hydrogens is 272 g/mol. The second-order valence-corrected chi connectivity index (χ2v) is 5.38. The van der Waals surface area contributed by atoms with E-state index in [-0.39, 0.29) is 6.10 Å². The maximum absolute atomic E-state index is 5.87. The van der Waals surface area contributed by atoms with E-state index in [0.29, 0.717) is 5.15 Å². The van der Waals surface area contributed by atoms with E-state index in [1.54, 1.807) is 0 Å². The standard InChI is InChI=1S/C16H17ClN2O/c17-16-7-6-13(10-18-16)11-19-8-9-20-15(12-19)14-4-2-1-3-5-14/h1-7,10,15H,8-9,11-12H2/t15-/m1/s1. The van der Waals surface area contributed by atoms with Crippen molar-refractivity contribution in [2.45, 2.75) is 12.6 Å². The first-order chi connectivity index (χ1) is 9.81. The molecule has 104 valence electrons. The van der Waals surface area contributed by atoms with Crippen LogP contribution in [0.25, 0.3) is 0 Å².